The molecule has 2 heterocycles. The summed E-state index contributed by atoms with van der Waals surface area (Å²) in [6, 6.07) is 15.4. The Kier molecular flexibility index (Phi) is 8.85. The largest absolute Gasteiger partial charge is 0.497 e. The highest BCUT2D eigenvalue weighted by atomic mass is 35.5. The molecule has 0 radical (unpaired) electrons. The molecule has 1 saturated heterocycles. The second-order valence-corrected chi connectivity index (χ2v) is 9.83. The van der Waals surface area contributed by atoms with E-state index >= 15 is 0 Å². The molecule has 1 fully saturated rings. The number of halogens is 1. The van der Waals surface area contributed by atoms with Gasteiger partial charge in [-0.25, -0.2) is 0 Å². The summed E-state index contributed by atoms with van der Waals surface area (Å²) < 4.78 is 10.7. The number of ether oxygens (including phenoxy) is 1. The molecule has 0 spiro atoms. The first-order valence-corrected chi connectivity index (χ1v) is 12.9. The van der Waals surface area contributed by atoms with Crippen LogP contribution >= 0.6 is 23.4 Å². The molecular weight excluding hydrogens is 472 g/mol. The molecule has 0 saturated carbocycles. The topological polar surface area (TPSA) is 80.5 Å². The maximum atomic E-state index is 12.7. The number of nitrogens with zero attached hydrogens (tertiary/aromatic N) is 3. The van der Waals surface area contributed by atoms with Gasteiger partial charge in [-0.3, -0.25) is 9.69 Å². The lowest BCUT2D eigenvalue weighted by Gasteiger charge is -2.30. The van der Waals surface area contributed by atoms with Gasteiger partial charge in [-0.05, 0) is 61.3 Å². The lowest BCUT2D eigenvalue weighted by Crippen LogP contribution is -2.43. The van der Waals surface area contributed by atoms with Crippen molar-refractivity contribution in [1.82, 2.24) is 20.4 Å². The normalized spacial score (nSPS) is 16.4. The molecule has 9 heteroatoms. The number of carbonyl (C=O) groups is 1. The minimum atomic E-state index is -0.0148. The number of hydrogen-bond acceptors (Lipinski definition) is 7. The first-order valence-electron chi connectivity index (χ1n) is 11.4. The number of hydrogen-bond donors (Lipinski definition) is 1. The Hall–Kier alpha value is -2.55. The van der Waals surface area contributed by atoms with Crippen molar-refractivity contribution in [2.45, 2.75) is 25.1 Å². The summed E-state index contributed by atoms with van der Waals surface area (Å²) in [5.74, 6) is 3.80. The van der Waals surface area contributed by atoms with E-state index in [9.17, 15) is 4.79 Å². The van der Waals surface area contributed by atoms with Crippen LogP contribution in [0, 0.1) is 5.92 Å². The minimum Gasteiger partial charge on any atom is -0.497 e. The molecule has 34 heavy (non-hydrogen) atoms. The van der Waals surface area contributed by atoms with Gasteiger partial charge in [0, 0.05) is 35.2 Å². The average Bonchev–Trinajstić information content (AvgIpc) is 3.33. The highest BCUT2D eigenvalue weighted by molar-refractivity contribution is 7.98. The maximum Gasteiger partial charge on any atom is 0.241 e. The average molecular weight is 501 g/mol. The molecule has 1 N–H and O–H groups in total. The number of nitrogens with one attached hydrogen (secondary N) is 1. The number of aromatic nitrogens is 2. The third-order valence-corrected chi connectivity index (χ3v) is 7.06. The van der Waals surface area contributed by atoms with Crippen LogP contribution in [0.2, 0.25) is 5.02 Å². The predicted octanol–water partition coefficient (Wildman–Crippen LogP) is 4.66. The molecular formula is C25H29ClN4O3S. The quantitative estimate of drug-likeness (QED) is 0.405. The number of thioether (sulfide) groups is 1. The van der Waals surface area contributed by atoms with Crippen LogP contribution in [0.5, 0.6) is 5.75 Å². The van der Waals surface area contributed by atoms with E-state index in [0.29, 0.717) is 31.3 Å². The smallest absolute Gasteiger partial charge is 0.241 e. The van der Waals surface area contributed by atoms with Crippen LogP contribution < -0.4 is 10.1 Å². The fourth-order valence-corrected chi connectivity index (χ4v) is 4.89. The van der Waals surface area contributed by atoms with Gasteiger partial charge < -0.3 is 14.6 Å². The van der Waals surface area contributed by atoms with E-state index < -0.39 is 0 Å². The summed E-state index contributed by atoms with van der Waals surface area (Å²) in [5, 5.41) is 7.95. The SMILES string of the molecule is COc1ccc(-c2noc(CN3CCCC(C(=O)NCCSCc4ccc(Cl)cc4)C3)n2)cc1. The lowest BCUT2D eigenvalue weighted by molar-refractivity contribution is -0.126. The van der Waals surface area contributed by atoms with Crippen LogP contribution in [0.15, 0.2) is 53.1 Å². The van der Waals surface area contributed by atoms with Gasteiger partial charge in [0.1, 0.15) is 5.75 Å². The fourth-order valence-electron chi connectivity index (χ4n) is 3.94. The summed E-state index contributed by atoms with van der Waals surface area (Å²) >= 11 is 7.72. The molecule has 1 aromatic heterocycles. The number of methoxy groups -OCH3 is 1. The third kappa shape index (κ3) is 6.98. The molecule has 180 valence electrons. The van der Waals surface area contributed by atoms with E-state index in [1.54, 1.807) is 18.9 Å². The van der Waals surface area contributed by atoms with Crippen LogP contribution in [-0.2, 0) is 17.1 Å². The molecule has 1 unspecified atom stereocenters. The molecule has 7 nitrogen and oxygen atoms in total. The second-order valence-electron chi connectivity index (χ2n) is 8.28. The van der Waals surface area contributed by atoms with Gasteiger partial charge in [-0.1, -0.05) is 28.9 Å². The second kappa shape index (κ2) is 12.2. The van der Waals surface area contributed by atoms with Crippen molar-refractivity contribution < 1.29 is 14.1 Å². The van der Waals surface area contributed by atoms with Gasteiger partial charge in [-0.15, -0.1) is 0 Å². The molecule has 0 bridgehead atoms. The molecule has 1 atom stereocenters. The highest BCUT2D eigenvalue weighted by Crippen LogP contribution is 2.22. The predicted molar refractivity (Wildman–Crippen MR) is 135 cm³/mol. The van der Waals surface area contributed by atoms with Crippen LogP contribution in [0.4, 0.5) is 0 Å². The van der Waals surface area contributed by atoms with Crippen molar-refractivity contribution >= 4 is 29.3 Å². The Labute approximate surface area is 209 Å². The Morgan fingerprint density at radius 2 is 2.03 bits per heavy atom. The van der Waals surface area contributed by atoms with Crippen molar-refractivity contribution in [3.63, 3.8) is 0 Å². The van der Waals surface area contributed by atoms with Crippen LogP contribution in [0.3, 0.4) is 0 Å². The Balaban J connectivity index is 1.19. The van der Waals surface area contributed by atoms with Gasteiger partial charge in [0.05, 0.1) is 19.6 Å². The van der Waals surface area contributed by atoms with Crippen molar-refractivity contribution in [3.05, 3.63) is 65.0 Å². The van der Waals surface area contributed by atoms with E-state index in [2.05, 4.69) is 20.4 Å². The molecule has 1 aliphatic heterocycles. The summed E-state index contributed by atoms with van der Waals surface area (Å²) in [4.78, 5) is 19.4. The van der Waals surface area contributed by atoms with Crippen LogP contribution in [0.25, 0.3) is 11.4 Å². The number of amides is 1. The van der Waals surface area contributed by atoms with Crippen molar-refractivity contribution in [2.24, 2.45) is 5.92 Å². The van der Waals surface area contributed by atoms with E-state index in [4.69, 9.17) is 20.9 Å². The fraction of sp³-hybridized carbons (Fsp3) is 0.400. The Morgan fingerprint density at radius 1 is 1.24 bits per heavy atom. The minimum absolute atomic E-state index is 0.0148. The van der Waals surface area contributed by atoms with E-state index in [0.717, 1.165) is 47.2 Å². The summed E-state index contributed by atoms with van der Waals surface area (Å²) in [5.41, 5.74) is 2.11. The maximum absolute atomic E-state index is 12.7. The first kappa shape index (κ1) is 24.6. The third-order valence-electron chi connectivity index (χ3n) is 5.78. The number of piperidine rings is 1. The van der Waals surface area contributed by atoms with E-state index in [1.165, 1.54) is 5.56 Å². The van der Waals surface area contributed by atoms with Gasteiger partial charge in [0.15, 0.2) is 0 Å². The molecule has 1 aliphatic rings. The van der Waals surface area contributed by atoms with E-state index in [-0.39, 0.29) is 11.8 Å². The first-order chi connectivity index (χ1) is 16.6. The van der Waals surface area contributed by atoms with Gasteiger partial charge in [0.2, 0.25) is 17.6 Å². The van der Waals surface area contributed by atoms with E-state index in [1.807, 2.05) is 48.5 Å². The summed E-state index contributed by atoms with van der Waals surface area (Å²) in [6.07, 6.45) is 1.88. The van der Waals surface area contributed by atoms with Gasteiger partial charge in [0.25, 0.3) is 0 Å². The monoisotopic (exact) mass is 500 g/mol. The standard InChI is InChI=1S/C25H29ClN4O3S/c1-32-22-10-6-19(7-11-22)24-28-23(33-29-24)16-30-13-2-3-20(15-30)25(31)27-12-14-34-17-18-4-8-21(26)9-5-18/h4-11,20H,2-3,12-17H2,1H3,(H,27,31). The Bertz CT molecular complexity index is 1060. The molecule has 4 rings (SSSR count). The highest BCUT2D eigenvalue weighted by Gasteiger charge is 2.26. The van der Waals surface area contributed by atoms with Gasteiger partial charge >= 0.3 is 0 Å². The van der Waals surface area contributed by atoms with Crippen LogP contribution in [-0.4, -0.2) is 53.4 Å². The van der Waals surface area contributed by atoms with Crippen molar-refractivity contribution in [2.75, 3.05) is 32.5 Å². The number of rotatable bonds is 10. The zero-order valence-electron chi connectivity index (χ0n) is 19.2. The molecule has 3 aromatic rings. The van der Waals surface area contributed by atoms with Gasteiger partial charge in [-0.2, -0.15) is 16.7 Å². The van der Waals surface area contributed by atoms with Crippen molar-refractivity contribution in [1.29, 1.82) is 0 Å². The molecule has 2 aromatic carbocycles. The summed E-state index contributed by atoms with van der Waals surface area (Å²) in [7, 11) is 1.63. The van der Waals surface area contributed by atoms with Crippen LogP contribution in [0.1, 0.15) is 24.3 Å². The lowest BCUT2D eigenvalue weighted by atomic mass is 9.97. The summed E-state index contributed by atoms with van der Waals surface area (Å²) in [6.45, 7) is 2.83. The number of benzene rings is 2. The number of carbonyl (C=O) groups excluding carboxylic acids is 1. The zero-order valence-corrected chi connectivity index (χ0v) is 20.8. The number of likely N-dealkylation sites (tertiary alicyclic amines) is 1. The zero-order chi connectivity index (χ0) is 23.8. The molecule has 1 amide bonds. The molecule has 0 aliphatic carbocycles. The Morgan fingerprint density at radius 3 is 2.79 bits per heavy atom. The van der Waals surface area contributed by atoms with Crippen molar-refractivity contribution in [3.8, 4) is 17.1 Å².